The van der Waals surface area contributed by atoms with Crippen molar-refractivity contribution < 1.29 is 101 Å². The third-order valence-electron chi connectivity index (χ3n) is 4.53. The zero-order chi connectivity index (χ0) is 30.5. The molecule has 0 bridgehead atoms. The van der Waals surface area contributed by atoms with E-state index in [1.807, 2.05) is 0 Å². The number of alkyl halides is 13. The highest BCUT2D eigenvalue weighted by atomic mass is 31.2. The van der Waals surface area contributed by atoms with Crippen molar-refractivity contribution in [3.05, 3.63) is 0 Å². The van der Waals surface area contributed by atoms with Crippen LogP contribution >= 0.6 is 17.2 Å². The van der Waals surface area contributed by atoms with Crippen molar-refractivity contribution in [3.8, 4) is 0 Å². The summed E-state index contributed by atoms with van der Waals surface area (Å²) >= 11 is 0. The predicted octanol–water partition coefficient (Wildman–Crippen LogP) is 2.26. The van der Waals surface area contributed by atoms with Gasteiger partial charge in [0.25, 0.3) is 0 Å². The molecule has 0 aliphatic heterocycles. The second kappa shape index (κ2) is 13.3. The van der Waals surface area contributed by atoms with Crippen molar-refractivity contribution in [2.75, 3.05) is 19.8 Å². The summed E-state index contributed by atoms with van der Waals surface area (Å²) in [6.45, 7) is -4.10. The maximum absolute atomic E-state index is 13.6. The fraction of sp³-hybridized carbons (Fsp3) is 1.00. The van der Waals surface area contributed by atoms with E-state index in [9.17, 15) is 62.2 Å². The lowest BCUT2D eigenvalue weighted by Crippen LogP contribution is -2.70. The van der Waals surface area contributed by atoms with E-state index in [1.54, 1.807) is 0 Å². The lowest BCUT2D eigenvalue weighted by Gasteiger charge is -2.40. The molecule has 0 aliphatic carbocycles. The van der Waals surface area contributed by atoms with Crippen LogP contribution in [0.2, 0.25) is 0 Å². The maximum Gasteiger partial charge on any atom is 0.460 e. The van der Waals surface area contributed by atoms with Gasteiger partial charge in [0.1, 0.15) is 0 Å². The summed E-state index contributed by atoms with van der Waals surface area (Å²) < 4.78 is 172. The van der Waals surface area contributed by atoms with Gasteiger partial charge in [-0.05, 0) is 6.42 Å². The van der Waals surface area contributed by atoms with E-state index in [4.69, 9.17) is 34.9 Å². The van der Waals surface area contributed by atoms with E-state index >= 15 is 0 Å². The Labute approximate surface area is 199 Å². The predicted molar refractivity (Wildman–Crippen MR) is 93.5 cm³/mol. The fourth-order valence-corrected chi connectivity index (χ4v) is 2.64. The summed E-state index contributed by atoms with van der Waals surface area (Å²) in [5.41, 5.74) is -2.44. The third kappa shape index (κ3) is 8.29. The monoisotopic (exact) mass is 628 g/mol. The van der Waals surface area contributed by atoms with Crippen LogP contribution in [0.1, 0.15) is 12.8 Å². The first kappa shape index (κ1) is 38.7. The van der Waals surface area contributed by atoms with Crippen molar-refractivity contribution in [1.29, 1.82) is 0 Å². The molecule has 0 aromatic heterocycles. The second-order valence-electron chi connectivity index (χ2n) is 6.98. The first-order valence-electron chi connectivity index (χ1n) is 8.69. The lowest BCUT2D eigenvalue weighted by atomic mass is 9.81. The van der Waals surface area contributed by atoms with Gasteiger partial charge in [0.2, 0.25) is 0 Å². The molecule has 0 aromatic carbocycles. The highest BCUT2D eigenvalue weighted by Gasteiger charge is 2.90. The number of aliphatic hydroxyl groups excluding tert-OH is 4. The Kier molecular flexibility index (Phi) is 13.9. The molecule has 1 atom stereocenters. The molecule has 0 amide bonds. The van der Waals surface area contributed by atoms with Gasteiger partial charge in [-0.2, -0.15) is 57.1 Å². The first-order chi connectivity index (χ1) is 16.2. The largest absolute Gasteiger partial charge is 0.460 e. The van der Waals surface area contributed by atoms with E-state index in [1.165, 1.54) is 0 Å². The Morgan fingerprint density at radius 1 is 0.568 bits per heavy atom. The topological polar surface area (TPSA) is 171 Å². The molecule has 0 fully saturated rings. The minimum Gasteiger partial charge on any atom is -0.396 e. The summed E-state index contributed by atoms with van der Waals surface area (Å²) in [4.78, 5) is 31.3. The van der Waals surface area contributed by atoms with Gasteiger partial charge < -0.3 is 40.0 Å². The maximum atomic E-state index is 13.6. The highest BCUT2D eigenvalue weighted by Crippen LogP contribution is 2.60. The number of hydrogen-bond acceptors (Lipinski definition) is 9. The smallest absolute Gasteiger partial charge is 0.396 e. The molecule has 37 heavy (non-hydrogen) atoms. The van der Waals surface area contributed by atoms with Crippen LogP contribution in [0.4, 0.5) is 57.1 Å². The van der Waals surface area contributed by atoms with Crippen molar-refractivity contribution in [2.45, 2.75) is 54.7 Å². The van der Waals surface area contributed by atoms with Crippen LogP contribution in [-0.2, 0) is 4.31 Å². The molecule has 0 spiro atoms. The minimum absolute atomic E-state index is 1.37. The zero-order valence-electron chi connectivity index (χ0n) is 17.4. The molecule has 0 saturated heterocycles. The van der Waals surface area contributed by atoms with Crippen LogP contribution in [0, 0.1) is 5.41 Å². The Morgan fingerprint density at radius 2 is 0.892 bits per heavy atom. The van der Waals surface area contributed by atoms with E-state index in [0.717, 1.165) is 0 Å². The summed E-state index contributed by atoms with van der Waals surface area (Å²) in [6, 6.07) is 0. The van der Waals surface area contributed by atoms with Crippen LogP contribution in [0.5, 0.6) is 0 Å². The van der Waals surface area contributed by atoms with Crippen LogP contribution in [-0.4, -0.2) is 102 Å². The summed E-state index contributed by atoms with van der Waals surface area (Å²) in [6.07, 6.45) is -14.6. The summed E-state index contributed by atoms with van der Waals surface area (Å²) in [5, 5.41) is 36.3. The molecular formula is C13H19F13O9P2. The van der Waals surface area contributed by atoms with Crippen LogP contribution in [0.15, 0.2) is 0 Å². The third-order valence-corrected chi connectivity index (χ3v) is 5.70. The van der Waals surface area contributed by atoms with Gasteiger partial charge >= 0.3 is 53.0 Å². The quantitative estimate of drug-likeness (QED) is 0.113. The van der Waals surface area contributed by atoms with E-state index in [2.05, 4.69) is 4.31 Å². The molecule has 1 unspecified atom stereocenters. The van der Waals surface area contributed by atoms with Gasteiger partial charge in [0.15, 0.2) is 0 Å². The highest BCUT2D eigenvalue weighted by molar-refractivity contribution is 7.53. The van der Waals surface area contributed by atoms with Gasteiger partial charge in [0.05, 0.1) is 31.3 Å². The molecule has 0 aliphatic rings. The first-order valence-corrected chi connectivity index (χ1v) is 11.0. The van der Waals surface area contributed by atoms with Crippen LogP contribution < -0.4 is 0 Å². The molecule has 0 rings (SSSR count). The lowest BCUT2D eigenvalue weighted by molar-refractivity contribution is -0.440. The molecule has 0 saturated carbocycles. The van der Waals surface area contributed by atoms with Gasteiger partial charge in [-0.15, -0.1) is 0 Å². The van der Waals surface area contributed by atoms with Crippen LogP contribution in [0.3, 0.4) is 0 Å². The fourth-order valence-electron chi connectivity index (χ4n) is 2.11. The molecule has 9 nitrogen and oxygen atoms in total. The van der Waals surface area contributed by atoms with Gasteiger partial charge in [-0.1, -0.05) is 0 Å². The average Bonchev–Trinajstić information content (AvgIpc) is 2.72. The summed E-state index contributed by atoms with van der Waals surface area (Å²) in [5.74, 6) is -37.7. The Bertz CT molecular complexity index is 677. The Balaban J connectivity index is 0. The standard InChI is InChI=1S/C13H15F13O4.H4O5P2/c14-8(15,2-1-6(30)7(3-27,4-28)5-29)9(16,17)10(18,19)11(20,21)12(22,23)13(24,25)26;1-6(2)5-7(3)4/h6,27-30H,1-5H2;1-4H. The molecule has 24 heteroatoms. The molecule has 0 radical (unpaired) electrons. The van der Waals surface area contributed by atoms with E-state index < -0.39 is 97.2 Å². The van der Waals surface area contributed by atoms with E-state index in [-0.39, 0.29) is 0 Å². The summed E-state index contributed by atoms with van der Waals surface area (Å²) in [7, 11) is -5.22. The zero-order valence-corrected chi connectivity index (χ0v) is 19.2. The second-order valence-corrected chi connectivity index (χ2v) is 8.64. The SMILES string of the molecule is OCC(CO)(CO)C(O)CCC(F)(F)C(F)(F)C(F)(F)C(F)(F)C(F)(F)C(F)(F)F.OP(O)OP(O)O. The number of hydrogen-bond donors (Lipinski definition) is 8. The van der Waals surface area contributed by atoms with Gasteiger partial charge in [-0.3, -0.25) is 0 Å². The van der Waals surface area contributed by atoms with Gasteiger partial charge in [-0.25, -0.2) is 4.31 Å². The molecule has 0 aromatic rings. The van der Waals surface area contributed by atoms with Crippen LogP contribution in [0.25, 0.3) is 0 Å². The number of halogens is 13. The molecular weight excluding hydrogens is 609 g/mol. The average molecular weight is 628 g/mol. The van der Waals surface area contributed by atoms with E-state index in [0.29, 0.717) is 0 Å². The van der Waals surface area contributed by atoms with Crippen molar-refractivity contribution in [2.24, 2.45) is 5.41 Å². The molecule has 8 N–H and O–H groups in total. The van der Waals surface area contributed by atoms with Crippen molar-refractivity contribution in [3.63, 3.8) is 0 Å². The van der Waals surface area contributed by atoms with Crippen molar-refractivity contribution >= 4 is 17.2 Å². The molecule has 0 heterocycles. The van der Waals surface area contributed by atoms with Gasteiger partial charge in [0, 0.05) is 6.42 Å². The molecule has 226 valence electrons. The minimum atomic E-state index is -8.02. The Morgan fingerprint density at radius 3 is 1.14 bits per heavy atom. The Hall–Kier alpha value is -0.410. The normalized spacial score (nSPS) is 15.6. The number of rotatable bonds is 13. The number of aliphatic hydroxyl groups is 4. The van der Waals surface area contributed by atoms with Crippen molar-refractivity contribution in [1.82, 2.24) is 0 Å².